The van der Waals surface area contributed by atoms with Gasteiger partial charge in [0.05, 0.1) is 6.20 Å². The molecule has 0 spiro atoms. The molecule has 0 saturated carbocycles. The SMILES string of the molecule is OC(/C1=C/CCCCCC1)c1cn[nH]c1. The Morgan fingerprint density at radius 1 is 1.27 bits per heavy atom. The molecule has 0 radical (unpaired) electrons. The number of hydrogen-bond donors (Lipinski definition) is 2. The predicted molar refractivity (Wildman–Crippen MR) is 59.3 cm³/mol. The molecule has 82 valence electrons. The van der Waals surface area contributed by atoms with Gasteiger partial charge in [0.25, 0.3) is 0 Å². The van der Waals surface area contributed by atoms with Crippen molar-refractivity contribution < 1.29 is 5.11 Å². The molecule has 1 heterocycles. The fourth-order valence-corrected chi connectivity index (χ4v) is 2.09. The number of nitrogens with zero attached hydrogens (tertiary/aromatic N) is 1. The molecule has 2 rings (SSSR count). The molecule has 0 amide bonds. The average molecular weight is 206 g/mol. The largest absolute Gasteiger partial charge is 0.384 e. The van der Waals surface area contributed by atoms with E-state index in [1.165, 1.54) is 25.7 Å². The van der Waals surface area contributed by atoms with Crippen LogP contribution in [0.4, 0.5) is 0 Å². The molecular formula is C12H18N2O. The lowest BCUT2D eigenvalue weighted by Crippen LogP contribution is -2.02. The number of H-pyrrole nitrogens is 1. The minimum atomic E-state index is -0.457. The number of hydrogen-bond acceptors (Lipinski definition) is 2. The minimum absolute atomic E-state index is 0.457. The van der Waals surface area contributed by atoms with Gasteiger partial charge in [0.15, 0.2) is 0 Å². The Bertz CT molecular complexity index is 316. The third kappa shape index (κ3) is 2.69. The number of allylic oxidation sites excluding steroid dienone is 1. The van der Waals surface area contributed by atoms with Gasteiger partial charge < -0.3 is 5.11 Å². The van der Waals surface area contributed by atoms with Crippen molar-refractivity contribution in [1.82, 2.24) is 10.2 Å². The van der Waals surface area contributed by atoms with Crippen molar-refractivity contribution in [3.63, 3.8) is 0 Å². The van der Waals surface area contributed by atoms with Gasteiger partial charge in [-0.25, -0.2) is 0 Å². The summed E-state index contributed by atoms with van der Waals surface area (Å²) in [5.41, 5.74) is 2.04. The highest BCUT2D eigenvalue weighted by Gasteiger charge is 2.14. The molecule has 3 heteroatoms. The van der Waals surface area contributed by atoms with Gasteiger partial charge in [0.1, 0.15) is 6.10 Å². The second kappa shape index (κ2) is 5.12. The van der Waals surface area contributed by atoms with E-state index in [-0.39, 0.29) is 0 Å². The van der Waals surface area contributed by atoms with Gasteiger partial charge in [0, 0.05) is 11.8 Å². The monoisotopic (exact) mass is 206 g/mol. The second-order valence-corrected chi connectivity index (χ2v) is 4.17. The first-order valence-electron chi connectivity index (χ1n) is 5.73. The molecule has 1 aromatic heterocycles. The van der Waals surface area contributed by atoms with E-state index in [1.807, 2.05) is 0 Å². The zero-order valence-corrected chi connectivity index (χ0v) is 8.95. The third-order valence-electron chi connectivity index (χ3n) is 3.01. The average Bonchev–Trinajstić information content (AvgIpc) is 2.68. The van der Waals surface area contributed by atoms with E-state index >= 15 is 0 Å². The Hall–Kier alpha value is -1.09. The highest BCUT2D eigenvalue weighted by molar-refractivity contribution is 5.21. The number of aromatic nitrogens is 2. The van der Waals surface area contributed by atoms with E-state index in [9.17, 15) is 5.11 Å². The zero-order valence-electron chi connectivity index (χ0n) is 8.95. The molecule has 2 N–H and O–H groups in total. The molecule has 1 atom stereocenters. The predicted octanol–water partition coefficient (Wildman–Crippen LogP) is 2.72. The first-order valence-corrected chi connectivity index (χ1v) is 5.73. The van der Waals surface area contributed by atoms with Crippen LogP contribution in [-0.4, -0.2) is 15.3 Å². The standard InChI is InChI=1S/C12H18N2O/c15-12(11-8-13-14-9-11)10-6-4-2-1-3-5-7-10/h6,8-9,12,15H,1-5,7H2,(H,13,14)/b10-6+. The quantitative estimate of drug-likeness (QED) is 0.731. The summed E-state index contributed by atoms with van der Waals surface area (Å²) < 4.78 is 0. The second-order valence-electron chi connectivity index (χ2n) is 4.17. The molecule has 0 aromatic carbocycles. The topological polar surface area (TPSA) is 48.9 Å². The molecule has 0 fully saturated rings. The van der Waals surface area contributed by atoms with Crippen LogP contribution in [0.2, 0.25) is 0 Å². The van der Waals surface area contributed by atoms with Crippen LogP contribution in [-0.2, 0) is 0 Å². The molecule has 1 unspecified atom stereocenters. The lowest BCUT2D eigenvalue weighted by Gasteiger charge is -2.16. The lowest BCUT2D eigenvalue weighted by atomic mass is 9.94. The fourth-order valence-electron chi connectivity index (χ4n) is 2.09. The molecule has 1 aliphatic carbocycles. The van der Waals surface area contributed by atoms with Crippen LogP contribution in [0.5, 0.6) is 0 Å². The zero-order chi connectivity index (χ0) is 10.5. The van der Waals surface area contributed by atoms with Gasteiger partial charge in [-0.05, 0) is 31.3 Å². The summed E-state index contributed by atoms with van der Waals surface area (Å²) in [6, 6.07) is 0. The summed E-state index contributed by atoms with van der Waals surface area (Å²) in [5.74, 6) is 0. The lowest BCUT2D eigenvalue weighted by molar-refractivity contribution is 0.209. The van der Waals surface area contributed by atoms with Gasteiger partial charge >= 0.3 is 0 Å². The van der Waals surface area contributed by atoms with Crippen molar-refractivity contribution in [2.45, 2.75) is 44.6 Å². The van der Waals surface area contributed by atoms with Crippen LogP contribution in [0.1, 0.15) is 50.2 Å². The van der Waals surface area contributed by atoms with Crippen LogP contribution in [0.25, 0.3) is 0 Å². The molecule has 15 heavy (non-hydrogen) atoms. The summed E-state index contributed by atoms with van der Waals surface area (Å²) in [6.45, 7) is 0. The third-order valence-corrected chi connectivity index (χ3v) is 3.01. The molecule has 0 aliphatic heterocycles. The number of aliphatic hydroxyl groups is 1. The van der Waals surface area contributed by atoms with Crippen LogP contribution in [0.3, 0.4) is 0 Å². The van der Waals surface area contributed by atoms with Crippen molar-refractivity contribution in [1.29, 1.82) is 0 Å². The minimum Gasteiger partial charge on any atom is -0.384 e. The van der Waals surface area contributed by atoms with Crippen molar-refractivity contribution in [3.8, 4) is 0 Å². The van der Waals surface area contributed by atoms with E-state index in [1.54, 1.807) is 12.4 Å². The van der Waals surface area contributed by atoms with E-state index in [0.29, 0.717) is 0 Å². The summed E-state index contributed by atoms with van der Waals surface area (Å²) in [5, 5.41) is 16.7. The maximum atomic E-state index is 10.1. The smallest absolute Gasteiger partial charge is 0.103 e. The fraction of sp³-hybridized carbons (Fsp3) is 0.583. The van der Waals surface area contributed by atoms with Gasteiger partial charge in [0.2, 0.25) is 0 Å². The van der Waals surface area contributed by atoms with Gasteiger partial charge in [-0.1, -0.05) is 18.9 Å². The normalized spacial score (nSPS) is 23.7. The Morgan fingerprint density at radius 2 is 2.13 bits per heavy atom. The highest BCUT2D eigenvalue weighted by Crippen LogP contribution is 2.27. The van der Waals surface area contributed by atoms with Gasteiger partial charge in [-0.15, -0.1) is 0 Å². The Kier molecular flexibility index (Phi) is 3.56. The number of aliphatic hydroxyl groups excluding tert-OH is 1. The van der Waals surface area contributed by atoms with E-state index in [0.717, 1.165) is 24.0 Å². The number of rotatable bonds is 2. The Morgan fingerprint density at radius 3 is 2.93 bits per heavy atom. The van der Waals surface area contributed by atoms with Crippen LogP contribution >= 0.6 is 0 Å². The molecule has 1 aromatic rings. The van der Waals surface area contributed by atoms with Gasteiger partial charge in [-0.2, -0.15) is 5.10 Å². The van der Waals surface area contributed by atoms with Crippen molar-refractivity contribution in [2.24, 2.45) is 0 Å². The summed E-state index contributed by atoms with van der Waals surface area (Å²) in [7, 11) is 0. The molecule has 0 bridgehead atoms. The van der Waals surface area contributed by atoms with Crippen molar-refractivity contribution in [3.05, 3.63) is 29.6 Å². The molecule has 1 aliphatic rings. The van der Waals surface area contributed by atoms with Crippen molar-refractivity contribution in [2.75, 3.05) is 0 Å². The highest BCUT2D eigenvalue weighted by atomic mass is 16.3. The number of aromatic amines is 1. The number of nitrogens with one attached hydrogen (secondary N) is 1. The van der Waals surface area contributed by atoms with E-state index < -0.39 is 6.10 Å². The Balaban J connectivity index is 2.07. The molecule has 3 nitrogen and oxygen atoms in total. The maximum absolute atomic E-state index is 10.1. The summed E-state index contributed by atoms with van der Waals surface area (Å²) in [6.07, 6.45) is 12.4. The molecular weight excluding hydrogens is 188 g/mol. The first-order chi connectivity index (χ1) is 7.38. The van der Waals surface area contributed by atoms with Crippen LogP contribution in [0, 0.1) is 0 Å². The van der Waals surface area contributed by atoms with Crippen molar-refractivity contribution >= 4 is 0 Å². The maximum Gasteiger partial charge on any atom is 0.103 e. The Labute approximate surface area is 90.2 Å². The summed E-state index contributed by atoms with van der Waals surface area (Å²) in [4.78, 5) is 0. The van der Waals surface area contributed by atoms with Crippen LogP contribution < -0.4 is 0 Å². The van der Waals surface area contributed by atoms with Gasteiger partial charge in [-0.3, -0.25) is 5.10 Å². The summed E-state index contributed by atoms with van der Waals surface area (Å²) >= 11 is 0. The van der Waals surface area contributed by atoms with E-state index in [4.69, 9.17) is 0 Å². The van der Waals surface area contributed by atoms with E-state index in [2.05, 4.69) is 16.3 Å². The first kappa shape index (κ1) is 10.4. The molecule has 0 saturated heterocycles. The van der Waals surface area contributed by atoms with Crippen LogP contribution in [0.15, 0.2) is 24.0 Å².